The largest absolute Gasteiger partial charge is 0.591 e. The number of ether oxygens (including phenoxy) is 1. The third kappa shape index (κ3) is 7.72. The molecule has 0 spiro atoms. The van der Waals surface area contributed by atoms with Crippen molar-refractivity contribution in [1.29, 1.82) is 0 Å². The van der Waals surface area contributed by atoms with Gasteiger partial charge >= 0.3 is 18.4 Å². The lowest BCUT2D eigenvalue weighted by Crippen LogP contribution is -2.42. The van der Waals surface area contributed by atoms with Gasteiger partial charge in [0.15, 0.2) is 0 Å². The van der Waals surface area contributed by atoms with Crippen LogP contribution in [0, 0.1) is 5.82 Å². The molecule has 3 rings (SSSR count). The van der Waals surface area contributed by atoms with Gasteiger partial charge in [-0.15, -0.1) is 0 Å². The van der Waals surface area contributed by atoms with Crippen LogP contribution < -0.4 is 0 Å². The Morgan fingerprint density at radius 2 is 1.56 bits per heavy atom. The van der Waals surface area contributed by atoms with Crippen LogP contribution in [0.15, 0.2) is 46.9 Å². The minimum atomic E-state index is -5.07. The number of benzene rings is 2. The Morgan fingerprint density at radius 3 is 2.00 bits per heavy atom. The zero-order chi connectivity index (χ0) is 31.1. The predicted octanol–water partition coefficient (Wildman–Crippen LogP) is 7.38. The van der Waals surface area contributed by atoms with Crippen LogP contribution in [0.2, 0.25) is 0 Å². The van der Waals surface area contributed by atoms with Crippen molar-refractivity contribution in [2.45, 2.75) is 75.9 Å². The van der Waals surface area contributed by atoms with Crippen LogP contribution in [0.4, 0.5) is 35.5 Å². The van der Waals surface area contributed by atoms with Crippen molar-refractivity contribution in [2.75, 3.05) is 6.54 Å². The van der Waals surface area contributed by atoms with Crippen molar-refractivity contribution >= 4 is 23.2 Å². The monoisotopic (exact) mass is 610 g/mol. The number of likely N-dealkylation sites (tertiary alicyclic amines) is 1. The van der Waals surface area contributed by atoms with Crippen LogP contribution in [0.5, 0.6) is 0 Å². The van der Waals surface area contributed by atoms with Crippen LogP contribution in [0.25, 0.3) is 0 Å². The predicted molar refractivity (Wildman–Crippen MR) is 138 cm³/mol. The smallest absolute Gasteiger partial charge is 0.416 e. The third-order valence-electron chi connectivity index (χ3n) is 6.59. The Labute approximate surface area is 235 Å². The number of alkyl halides is 6. The van der Waals surface area contributed by atoms with E-state index < -0.39 is 81.2 Å². The van der Waals surface area contributed by atoms with Gasteiger partial charge in [-0.25, -0.2) is 9.18 Å². The molecule has 1 saturated heterocycles. The first-order valence-corrected chi connectivity index (χ1v) is 13.5. The van der Waals surface area contributed by atoms with Crippen LogP contribution in [0.3, 0.4) is 0 Å². The highest BCUT2D eigenvalue weighted by Crippen LogP contribution is 2.42. The van der Waals surface area contributed by atoms with Crippen molar-refractivity contribution in [3.05, 3.63) is 70.5 Å². The van der Waals surface area contributed by atoms with E-state index in [1.807, 2.05) is 0 Å². The maximum Gasteiger partial charge on any atom is 0.416 e. The van der Waals surface area contributed by atoms with Crippen molar-refractivity contribution in [3.63, 3.8) is 0 Å². The molecule has 1 fully saturated rings. The van der Waals surface area contributed by atoms with Gasteiger partial charge in [0.2, 0.25) is 0 Å². The maximum absolute atomic E-state index is 13.8. The average molecular weight is 611 g/mol. The number of nitrogens with zero attached hydrogens (tertiary/aromatic N) is 2. The van der Waals surface area contributed by atoms with Crippen molar-refractivity contribution in [1.82, 2.24) is 4.90 Å². The first-order valence-electron chi connectivity index (χ1n) is 12.4. The molecule has 0 radical (unpaired) electrons. The molecule has 41 heavy (non-hydrogen) atoms. The molecule has 0 saturated carbocycles. The second-order valence-electron chi connectivity index (χ2n) is 10.7. The second kappa shape index (κ2) is 11.8. The van der Waals surface area contributed by atoms with Crippen LogP contribution in [-0.2, 0) is 28.5 Å². The molecule has 0 aromatic heterocycles. The lowest BCUT2D eigenvalue weighted by Gasteiger charge is -2.29. The average Bonchev–Trinajstić information content (AvgIpc) is 3.22. The Balaban J connectivity index is 2.10. The van der Waals surface area contributed by atoms with Gasteiger partial charge in [0.05, 0.1) is 41.6 Å². The summed E-state index contributed by atoms with van der Waals surface area (Å²) >= 11 is -1.79. The van der Waals surface area contributed by atoms with Crippen LogP contribution in [0.1, 0.15) is 68.9 Å². The molecule has 14 heteroatoms. The topological polar surface area (TPSA) is 85.2 Å². The number of rotatable bonds is 6. The number of carboxylic acid groups (broad SMARTS) is 1. The molecule has 1 heterocycles. The summed E-state index contributed by atoms with van der Waals surface area (Å²) in [6.45, 7) is 7.38. The zero-order valence-corrected chi connectivity index (χ0v) is 23.5. The lowest BCUT2D eigenvalue weighted by atomic mass is 9.87. The maximum atomic E-state index is 13.8. The summed E-state index contributed by atoms with van der Waals surface area (Å²) < 4.78 is 117. The number of hydrogen-bond acceptors (Lipinski definition) is 4. The Bertz CT molecular complexity index is 1240. The van der Waals surface area contributed by atoms with E-state index in [9.17, 15) is 45.2 Å². The lowest BCUT2D eigenvalue weighted by molar-refractivity contribution is -0.143. The standard InChI is InChI=1S/C27H29F7N2O4S/c1-14(35-41(39)25(3,4)5)23-22(16-6-8-20(28)9-7-16)21(13-36(23)24(37)38)40-15(2)17-10-18(26(29,30)31)12-19(11-17)27(32,33)34/h6-12,15,21-23H,13H2,1-5H3,(H,37,38)/b35-14+/t15-,21+,22-,23+,41?/m1/s1. The van der Waals surface area contributed by atoms with Gasteiger partial charge in [-0.1, -0.05) is 16.5 Å². The molecule has 1 aliphatic rings. The van der Waals surface area contributed by atoms with Gasteiger partial charge in [0, 0.05) is 5.92 Å². The number of hydrogen-bond donors (Lipinski definition) is 1. The van der Waals surface area contributed by atoms with Gasteiger partial charge in [-0.3, -0.25) is 4.90 Å². The van der Waals surface area contributed by atoms with E-state index >= 15 is 0 Å². The number of carbonyl (C=O) groups is 1. The van der Waals surface area contributed by atoms with E-state index in [4.69, 9.17) is 4.74 Å². The van der Waals surface area contributed by atoms with Crippen molar-refractivity contribution in [2.24, 2.45) is 4.40 Å². The van der Waals surface area contributed by atoms with Gasteiger partial charge in [-0.2, -0.15) is 26.3 Å². The summed E-state index contributed by atoms with van der Waals surface area (Å²) in [5, 5.41) is 9.99. The summed E-state index contributed by atoms with van der Waals surface area (Å²) in [5.74, 6) is -1.50. The quantitative estimate of drug-likeness (QED) is 0.210. The summed E-state index contributed by atoms with van der Waals surface area (Å²) in [6, 6.07) is 5.02. The summed E-state index contributed by atoms with van der Waals surface area (Å²) in [5.41, 5.74) is -2.93. The van der Waals surface area contributed by atoms with Crippen LogP contribution in [-0.4, -0.2) is 49.8 Å². The third-order valence-corrected chi connectivity index (χ3v) is 8.09. The molecule has 5 atom stereocenters. The number of halogens is 7. The van der Waals surface area contributed by atoms with Gasteiger partial charge in [0.1, 0.15) is 21.9 Å². The molecular formula is C27H29F7N2O4S. The SMILES string of the molecule is C/C(=N\[S+]([O-])C(C)(C)C)[C@H]1[C@H](c2ccc(F)cc2)[C@@H](O[C@H](C)c2cc(C(F)(F)F)cc(C(F)(F)F)c2)CN1C(=O)O. The molecule has 226 valence electrons. The van der Waals surface area contributed by atoms with Gasteiger partial charge < -0.3 is 14.4 Å². The van der Waals surface area contributed by atoms with Crippen molar-refractivity contribution < 1.29 is 49.9 Å². The Kier molecular flexibility index (Phi) is 9.41. The van der Waals surface area contributed by atoms with E-state index in [1.165, 1.54) is 26.0 Å². The second-order valence-corrected chi connectivity index (χ2v) is 12.6. The molecule has 1 amide bonds. The fourth-order valence-corrected chi connectivity index (χ4v) is 5.23. The minimum absolute atomic E-state index is 0.00443. The summed E-state index contributed by atoms with van der Waals surface area (Å²) in [6.07, 6.45) is -14.0. The highest BCUT2D eigenvalue weighted by molar-refractivity contribution is 7.91. The van der Waals surface area contributed by atoms with E-state index in [-0.39, 0.29) is 18.3 Å². The molecular weight excluding hydrogens is 581 g/mol. The van der Waals surface area contributed by atoms with E-state index in [1.54, 1.807) is 20.8 Å². The Hall–Kier alpha value is -2.84. The highest BCUT2D eigenvalue weighted by Gasteiger charge is 2.49. The molecule has 1 N–H and O–H groups in total. The molecule has 1 unspecified atom stereocenters. The van der Waals surface area contributed by atoms with Crippen molar-refractivity contribution in [3.8, 4) is 0 Å². The van der Waals surface area contributed by atoms with Crippen LogP contribution >= 0.6 is 0 Å². The number of amides is 1. The molecule has 1 aliphatic heterocycles. The Morgan fingerprint density at radius 1 is 1.05 bits per heavy atom. The van der Waals surface area contributed by atoms with Gasteiger partial charge in [-0.05, 0) is 76.1 Å². The fraction of sp³-hybridized carbons (Fsp3) is 0.481. The van der Waals surface area contributed by atoms with E-state index in [0.717, 1.165) is 17.0 Å². The zero-order valence-electron chi connectivity index (χ0n) is 22.7. The van der Waals surface area contributed by atoms with Gasteiger partial charge in [0.25, 0.3) is 0 Å². The molecule has 2 aromatic carbocycles. The first-order chi connectivity index (χ1) is 18.7. The van der Waals surface area contributed by atoms with E-state index in [0.29, 0.717) is 17.7 Å². The normalized spacial score (nSPS) is 22.1. The fourth-order valence-electron chi connectivity index (χ4n) is 4.59. The highest BCUT2D eigenvalue weighted by atomic mass is 32.2. The summed E-state index contributed by atoms with van der Waals surface area (Å²) in [7, 11) is 0. The minimum Gasteiger partial charge on any atom is -0.591 e. The molecule has 6 nitrogen and oxygen atoms in total. The first kappa shape index (κ1) is 32.7. The molecule has 0 aliphatic carbocycles. The molecule has 0 bridgehead atoms. The van der Waals surface area contributed by atoms with E-state index in [2.05, 4.69) is 4.40 Å². The summed E-state index contributed by atoms with van der Waals surface area (Å²) in [4.78, 5) is 13.2. The molecule has 2 aromatic rings.